The molecule has 5 rings (SSSR count). The molecule has 0 spiro atoms. The molecule has 56 heavy (non-hydrogen) atoms. The predicted molar refractivity (Wildman–Crippen MR) is 202 cm³/mol. The van der Waals surface area contributed by atoms with Crippen LogP contribution in [-0.4, -0.2) is 62.0 Å². The summed E-state index contributed by atoms with van der Waals surface area (Å²) in [5, 5.41) is 13.8. The summed E-state index contributed by atoms with van der Waals surface area (Å²) in [6.07, 6.45) is 4.74. The molecule has 0 radical (unpaired) electrons. The first-order valence-electron chi connectivity index (χ1n) is 16.6. The van der Waals surface area contributed by atoms with Crippen molar-refractivity contribution >= 4 is 68.4 Å². The molecule has 1 aliphatic rings. The maximum atomic E-state index is 12.7. The molecule has 0 atom stereocenters. The molecule has 1 heterocycles. The minimum atomic E-state index is -4.06. The summed E-state index contributed by atoms with van der Waals surface area (Å²) >= 11 is 12.0. The molecule has 1 fully saturated rings. The van der Waals surface area contributed by atoms with Crippen LogP contribution in [0.3, 0.4) is 0 Å². The average molecular weight is 838 g/mol. The number of carbonyl (C=O) groups is 4. The van der Waals surface area contributed by atoms with E-state index in [0.717, 1.165) is 12.8 Å². The fourth-order valence-electron chi connectivity index (χ4n) is 4.34. The molecule has 0 bridgehead atoms. The smallest absolute Gasteiger partial charge is 0.387 e. The van der Waals surface area contributed by atoms with E-state index < -0.39 is 52.3 Å². The average Bonchev–Trinajstić information content (AvgIpc) is 3.96. The summed E-state index contributed by atoms with van der Waals surface area (Å²) < 4.78 is 68.0. The topological polar surface area (TPSA) is 199 Å². The van der Waals surface area contributed by atoms with E-state index in [2.05, 4.69) is 25.1 Å². The van der Waals surface area contributed by atoms with Gasteiger partial charge in [-0.05, 0) is 94.1 Å². The van der Waals surface area contributed by atoms with Gasteiger partial charge in [0, 0.05) is 18.0 Å². The van der Waals surface area contributed by atoms with Crippen LogP contribution in [0.15, 0.2) is 84.0 Å². The monoisotopic (exact) mass is 836 g/mol. The third kappa shape index (κ3) is 12.8. The third-order valence-corrected chi connectivity index (χ3v) is 9.41. The number of para-hydroxylation sites is 1. The highest BCUT2D eigenvalue weighted by Crippen LogP contribution is 2.35. The number of rotatable bonds is 14. The van der Waals surface area contributed by atoms with Gasteiger partial charge in [-0.2, -0.15) is 8.78 Å². The first-order chi connectivity index (χ1) is 26.3. The van der Waals surface area contributed by atoms with E-state index in [-0.39, 0.29) is 54.7 Å². The van der Waals surface area contributed by atoms with E-state index >= 15 is 0 Å². The second-order valence-corrected chi connectivity index (χ2v) is 15.6. The van der Waals surface area contributed by atoms with Gasteiger partial charge in [0.15, 0.2) is 11.5 Å². The first kappa shape index (κ1) is 43.2. The fraction of sp³-hybridized carbons (Fsp3) is 0.270. The number of hydrogen-bond acceptors (Lipinski definition) is 10. The van der Waals surface area contributed by atoms with E-state index in [1.807, 2.05) is 0 Å². The lowest BCUT2D eigenvalue weighted by Crippen LogP contribution is -2.30. The molecular weight excluding hydrogens is 801 g/mol. The van der Waals surface area contributed by atoms with Crippen molar-refractivity contribution in [2.24, 2.45) is 11.3 Å². The van der Waals surface area contributed by atoms with Crippen molar-refractivity contribution in [3.8, 4) is 17.2 Å². The quantitative estimate of drug-likeness (QED) is 0.0735. The Hall–Kier alpha value is -5.52. The Morgan fingerprint density at radius 1 is 0.929 bits per heavy atom. The zero-order chi connectivity index (χ0) is 41.2. The van der Waals surface area contributed by atoms with E-state index in [1.165, 1.54) is 79.1 Å². The van der Waals surface area contributed by atoms with Crippen LogP contribution in [-0.2, 0) is 19.6 Å². The van der Waals surface area contributed by atoms with Gasteiger partial charge in [-0.25, -0.2) is 8.42 Å². The zero-order valence-electron chi connectivity index (χ0n) is 30.0. The Morgan fingerprint density at radius 2 is 1.57 bits per heavy atom. The van der Waals surface area contributed by atoms with Gasteiger partial charge < -0.3 is 30.0 Å². The molecule has 1 aliphatic carbocycles. The van der Waals surface area contributed by atoms with Crippen molar-refractivity contribution in [2.75, 3.05) is 23.2 Å². The van der Waals surface area contributed by atoms with Crippen molar-refractivity contribution in [1.29, 1.82) is 0 Å². The molecule has 1 saturated carbocycles. The maximum absolute atomic E-state index is 12.7. The highest BCUT2D eigenvalue weighted by molar-refractivity contribution is 7.92. The largest absolute Gasteiger partial charge is 0.489 e. The van der Waals surface area contributed by atoms with Gasteiger partial charge >= 0.3 is 18.6 Å². The van der Waals surface area contributed by atoms with Crippen LogP contribution >= 0.6 is 23.2 Å². The summed E-state index contributed by atoms with van der Waals surface area (Å²) in [6, 6.07) is 15.0. The number of carboxylic acids is 1. The molecule has 3 aromatic carbocycles. The number of esters is 1. The Labute approximate surface area is 330 Å². The number of aromatic nitrogens is 1. The van der Waals surface area contributed by atoms with Crippen LogP contribution in [0, 0.1) is 11.3 Å². The minimum Gasteiger partial charge on any atom is -0.489 e. The summed E-state index contributed by atoms with van der Waals surface area (Å²) in [5.74, 6) is -2.40. The van der Waals surface area contributed by atoms with Gasteiger partial charge in [0.05, 0.1) is 43.9 Å². The van der Waals surface area contributed by atoms with Gasteiger partial charge in [-0.15, -0.1) is 0 Å². The molecule has 14 nitrogen and oxygen atoms in total. The second kappa shape index (κ2) is 18.9. The number of alkyl halides is 2. The minimum absolute atomic E-state index is 0.0105. The maximum Gasteiger partial charge on any atom is 0.387 e. The molecule has 4 N–H and O–H groups in total. The van der Waals surface area contributed by atoms with Gasteiger partial charge in [0.25, 0.3) is 21.8 Å². The van der Waals surface area contributed by atoms with Crippen molar-refractivity contribution in [1.82, 2.24) is 10.3 Å². The molecule has 0 unspecified atom stereocenters. The van der Waals surface area contributed by atoms with E-state index in [0.29, 0.717) is 12.5 Å². The number of hydrogen-bond donors (Lipinski definition) is 4. The van der Waals surface area contributed by atoms with Crippen molar-refractivity contribution < 1.29 is 55.7 Å². The van der Waals surface area contributed by atoms with Crippen LogP contribution in [0.1, 0.15) is 54.3 Å². The number of benzene rings is 3. The molecular formula is C37H36Cl2F2N4O10S. The second-order valence-electron chi connectivity index (χ2n) is 13.1. The fourth-order valence-corrected chi connectivity index (χ4v) is 5.87. The summed E-state index contributed by atoms with van der Waals surface area (Å²) in [6.45, 7) is 1.88. The number of sulfonamides is 1. The number of nitrogens with one attached hydrogen (secondary N) is 3. The van der Waals surface area contributed by atoms with Crippen LogP contribution in [0.25, 0.3) is 0 Å². The third-order valence-electron chi connectivity index (χ3n) is 7.46. The summed E-state index contributed by atoms with van der Waals surface area (Å²) in [4.78, 5) is 50.9. The Balaban J connectivity index is 0.000000251. The number of pyridine rings is 1. The Morgan fingerprint density at radius 3 is 2.16 bits per heavy atom. The number of carbonyl (C=O) groups excluding carboxylic acids is 3. The van der Waals surface area contributed by atoms with Gasteiger partial charge in [-0.1, -0.05) is 35.3 Å². The van der Waals surface area contributed by atoms with Crippen LogP contribution in [0.5, 0.6) is 17.2 Å². The van der Waals surface area contributed by atoms with Crippen LogP contribution in [0.2, 0.25) is 10.0 Å². The van der Waals surface area contributed by atoms with Crippen molar-refractivity contribution in [3.05, 3.63) is 100 Å². The van der Waals surface area contributed by atoms with Gasteiger partial charge in [0.1, 0.15) is 12.3 Å². The number of aliphatic carboxylic acids is 1. The van der Waals surface area contributed by atoms with E-state index in [1.54, 1.807) is 20.8 Å². The lowest BCUT2D eigenvalue weighted by molar-refractivity contribution is -0.143. The lowest BCUT2D eigenvalue weighted by atomic mass is 9.97. The Kier molecular flexibility index (Phi) is 14.6. The normalized spacial score (nSPS) is 12.4. The summed E-state index contributed by atoms with van der Waals surface area (Å²) in [7, 11) is -4.06. The number of halogens is 4. The highest BCUT2D eigenvalue weighted by Gasteiger charge is 2.25. The Bertz CT molecular complexity index is 2160. The number of ether oxygens (including phenoxy) is 3. The predicted octanol–water partition coefficient (Wildman–Crippen LogP) is 7.28. The zero-order valence-corrected chi connectivity index (χ0v) is 32.3. The van der Waals surface area contributed by atoms with E-state index in [4.69, 9.17) is 37.8 Å². The standard InChI is InChI=1S/C20H22N2O7S.C17H14Cl2F2N2O3/c1-20(2,3)19(26)29-13-8-10-14(11-9-13)30(27,28)22-16-7-5-4-6-15(16)18(25)21-12-17(23)24;18-11-6-22-7-12(19)15(11)23-16(24)10-3-4-13(26-17(20)21)14(5-10)25-8-9-1-2-9/h4-11,22H,12H2,1-3H3,(H,21,25)(H,23,24);3-7,9,17H,1-2,8H2,(H,22,23,24). The molecule has 1 aromatic heterocycles. The van der Waals surface area contributed by atoms with Crippen molar-refractivity contribution in [3.63, 3.8) is 0 Å². The van der Waals surface area contributed by atoms with Crippen LogP contribution in [0.4, 0.5) is 20.2 Å². The molecule has 298 valence electrons. The number of amides is 2. The molecule has 0 saturated heterocycles. The van der Waals surface area contributed by atoms with Gasteiger partial charge in [0.2, 0.25) is 0 Å². The number of carboxylic acid groups (broad SMARTS) is 1. The molecule has 4 aromatic rings. The first-order valence-corrected chi connectivity index (χ1v) is 18.8. The summed E-state index contributed by atoms with van der Waals surface area (Å²) in [5.41, 5.74) is -0.359. The van der Waals surface area contributed by atoms with Crippen molar-refractivity contribution in [2.45, 2.75) is 45.1 Å². The van der Waals surface area contributed by atoms with E-state index in [9.17, 15) is 36.4 Å². The highest BCUT2D eigenvalue weighted by atomic mass is 35.5. The molecule has 2 amide bonds. The number of nitrogens with zero attached hydrogens (tertiary/aromatic N) is 1. The SMILES string of the molecule is CC(C)(C)C(=O)Oc1ccc(S(=O)(=O)Nc2ccccc2C(=O)NCC(=O)O)cc1.O=C(Nc1c(Cl)cncc1Cl)c1ccc(OC(F)F)c(OCC2CC2)c1. The van der Waals surface area contributed by atoms with Gasteiger partial charge in [-0.3, -0.25) is 28.9 Å². The number of anilines is 2. The molecule has 19 heteroatoms. The molecule has 0 aliphatic heterocycles. The van der Waals surface area contributed by atoms with Crippen LogP contribution < -0.4 is 29.6 Å². The lowest BCUT2D eigenvalue weighted by Gasteiger charge is -2.16.